The minimum atomic E-state index is -0.433. The smallest absolute Gasteiger partial charge is 0.333 e. The third kappa shape index (κ3) is 5.05. The molecule has 6 heteroatoms. The first-order valence-electron chi connectivity index (χ1n) is 6.63. The summed E-state index contributed by atoms with van der Waals surface area (Å²) in [6.45, 7) is 8.98. The summed E-state index contributed by atoms with van der Waals surface area (Å²) >= 11 is 0. The molecule has 1 N–H and O–H groups in total. The van der Waals surface area contributed by atoms with Gasteiger partial charge in [-0.25, -0.2) is 0 Å². The van der Waals surface area contributed by atoms with E-state index < -0.39 is 4.92 Å². The molecule has 0 aliphatic rings. The number of ether oxygens (including phenoxy) is 2. The van der Waals surface area contributed by atoms with Gasteiger partial charge in [0.05, 0.1) is 17.1 Å². The van der Waals surface area contributed by atoms with Crippen LogP contribution in [0, 0.1) is 10.1 Å². The number of hydrogen-bond donors (Lipinski definition) is 1. The zero-order valence-corrected chi connectivity index (χ0v) is 12.4. The van der Waals surface area contributed by atoms with E-state index in [1.165, 1.54) is 0 Å². The maximum absolute atomic E-state index is 11.2. The zero-order valence-electron chi connectivity index (χ0n) is 12.4. The first kappa shape index (κ1) is 16.2. The highest BCUT2D eigenvalue weighted by Gasteiger charge is 2.20. The predicted octanol–water partition coefficient (Wildman–Crippen LogP) is 3.22. The van der Waals surface area contributed by atoms with Crippen LogP contribution in [-0.4, -0.2) is 30.3 Å². The third-order valence-corrected chi connectivity index (χ3v) is 2.42. The molecule has 0 spiro atoms. The van der Waals surface area contributed by atoms with E-state index in [9.17, 15) is 10.1 Å². The summed E-state index contributed by atoms with van der Waals surface area (Å²) in [5.41, 5.74) is 0.179. The molecule has 0 aromatic heterocycles. The second-order valence-electron chi connectivity index (χ2n) is 5.25. The fourth-order valence-corrected chi connectivity index (χ4v) is 1.66. The summed E-state index contributed by atoms with van der Waals surface area (Å²) in [5.74, 6) is 0.256. The molecule has 1 aromatic carbocycles. The lowest BCUT2D eigenvalue weighted by molar-refractivity contribution is -0.385. The van der Waals surface area contributed by atoms with Crippen molar-refractivity contribution in [3.8, 4) is 5.75 Å². The second kappa shape index (κ2) is 7.09. The van der Waals surface area contributed by atoms with E-state index in [4.69, 9.17) is 9.47 Å². The molecule has 0 saturated carbocycles. The van der Waals surface area contributed by atoms with Crippen molar-refractivity contribution in [3.05, 3.63) is 28.3 Å². The Bertz CT molecular complexity index is 455. The fourth-order valence-electron chi connectivity index (χ4n) is 1.66. The molecule has 1 rings (SSSR count). The minimum absolute atomic E-state index is 0.0369. The van der Waals surface area contributed by atoms with Crippen LogP contribution >= 0.6 is 0 Å². The van der Waals surface area contributed by atoms with E-state index >= 15 is 0 Å². The van der Waals surface area contributed by atoms with Crippen molar-refractivity contribution in [2.45, 2.75) is 33.3 Å². The van der Waals surface area contributed by atoms with Gasteiger partial charge in [-0.05, 0) is 39.8 Å². The van der Waals surface area contributed by atoms with Crippen LogP contribution in [0.5, 0.6) is 5.75 Å². The van der Waals surface area contributed by atoms with Crippen LogP contribution in [0.2, 0.25) is 0 Å². The number of anilines is 1. The molecule has 112 valence electrons. The molecule has 0 unspecified atom stereocenters. The van der Waals surface area contributed by atoms with Crippen LogP contribution in [0.1, 0.15) is 27.7 Å². The number of nitro groups is 1. The van der Waals surface area contributed by atoms with E-state index in [0.29, 0.717) is 18.8 Å². The summed E-state index contributed by atoms with van der Waals surface area (Å²) in [6, 6.07) is 4.99. The van der Waals surface area contributed by atoms with E-state index in [1.54, 1.807) is 18.2 Å². The lowest BCUT2D eigenvalue weighted by Crippen LogP contribution is -2.22. The average molecular weight is 282 g/mol. The van der Waals surface area contributed by atoms with Gasteiger partial charge in [-0.3, -0.25) is 10.1 Å². The quantitative estimate of drug-likeness (QED) is 0.472. The van der Waals surface area contributed by atoms with Gasteiger partial charge in [0, 0.05) is 6.54 Å². The van der Waals surface area contributed by atoms with Gasteiger partial charge in [0.25, 0.3) is 0 Å². The molecular weight excluding hydrogens is 260 g/mol. The SMILES string of the molecule is CCNc1cccc(OCCOC(C)(C)C)c1[N+](=O)[O-]. The highest BCUT2D eigenvalue weighted by Crippen LogP contribution is 2.34. The van der Waals surface area contributed by atoms with Gasteiger partial charge >= 0.3 is 5.69 Å². The lowest BCUT2D eigenvalue weighted by atomic mass is 10.2. The average Bonchev–Trinajstić information content (AvgIpc) is 2.33. The van der Waals surface area contributed by atoms with Crippen LogP contribution in [0.15, 0.2) is 18.2 Å². The first-order chi connectivity index (χ1) is 9.35. The van der Waals surface area contributed by atoms with E-state index in [2.05, 4.69) is 5.32 Å². The highest BCUT2D eigenvalue weighted by molar-refractivity contribution is 5.68. The van der Waals surface area contributed by atoms with Crippen molar-refractivity contribution in [3.63, 3.8) is 0 Å². The van der Waals surface area contributed by atoms with Crippen LogP contribution in [0.25, 0.3) is 0 Å². The van der Waals surface area contributed by atoms with Gasteiger partial charge in [0.15, 0.2) is 5.75 Å². The Hall–Kier alpha value is -1.82. The maximum Gasteiger partial charge on any atom is 0.333 e. The molecule has 0 heterocycles. The predicted molar refractivity (Wildman–Crippen MR) is 78.5 cm³/mol. The monoisotopic (exact) mass is 282 g/mol. The Labute approximate surface area is 119 Å². The summed E-state index contributed by atoms with van der Waals surface area (Å²) in [6.07, 6.45) is 0. The molecule has 6 nitrogen and oxygen atoms in total. The van der Waals surface area contributed by atoms with Gasteiger partial charge in [-0.1, -0.05) is 6.07 Å². The lowest BCUT2D eigenvalue weighted by Gasteiger charge is -2.19. The number of para-hydroxylation sites is 1. The Morgan fingerprint density at radius 3 is 2.55 bits per heavy atom. The Morgan fingerprint density at radius 2 is 2.00 bits per heavy atom. The largest absolute Gasteiger partial charge is 0.484 e. The molecule has 1 aromatic rings. The van der Waals surface area contributed by atoms with E-state index in [-0.39, 0.29) is 23.6 Å². The summed E-state index contributed by atoms with van der Waals surface area (Å²) in [7, 11) is 0. The van der Waals surface area contributed by atoms with Gasteiger partial charge < -0.3 is 14.8 Å². The van der Waals surface area contributed by atoms with E-state index in [1.807, 2.05) is 27.7 Å². The van der Waals surface area contributed by atoms with Crippen molar-refractivity contribution >= 4 is 11.4 Å². The molecular formula is C14H22N2O4. The van der Waals surface area contributed by atoms with Crippen LogP contribution in [0.4, 0.5) is 11.4 Å². The Morgan fingerprint density at radius 1 is 1.30 bits per heavy atom. The summed E-state index contributed by atoms with van der Waals surface area (Å²) in [5, 5.41) is 14.1. The molecule has 0 saturated heterocycles. The fraction of sp³-hybridized carbons (Fsp3) is 0.571. The normalized spacial score (nSPS) is 11.2. The molecule has 0 aliphatic heterocycles. The molecule has 0 bridgehead atoms. The summed E-state index contributed by atoms with van der Waals surface area (Å²) in [4.78, 5) is 10.7. The molecule has 0 radical (unpaired) electrons. The number of benzene rings is 1. The van der Waals surface area contributed by atoms with Crippen molar-refractivity contribution < 1.29 is 14.4 Å². The van der Waals surface area contributed by atoms with Gasteiger partial charge in [0.2, 0.25) is 0 Å². The van der Waals surface area contributed by atoms with Crippen LogP contribution in [-0.2, 0) is 4.74 Å². The zero-order chi connectivity index (χ0) is 15.2. The van der Waals surface area contributed by atoms with Crippen molar-refractivity contribution in [2.24, 2.45) is 0 Å². The standard InChI is InChI=1S/C14H22N2O4/c1-5-15-11-7-6-8-12(13(11)16(17)18)19-9-10-20-14(2,3)4/h6-8,15H,5,9-10H2,1-4H3. The number of rotatable bonds is 7. The van der Waals surface area contributed by atoms with Crippen molar-refractivity contribution in [2.75, 3.05) is 25.1 Å². The number of nitrogens with zero attached hydrogens (tertiary/aromatic N) is 1. The Kier molecular flexibility index (Phi) is 5.76. The Balaban J connectivity index is 2.74. The van der Waals surface area contributed by atoms with Crippen LogP contribution in [0.3, 0.4) is 0 Å². The van der Waals surface area contributed by atoms with E-state index in [0.717, 1.165) is 0 Å². The van der Waals surface area contributed by atoms with Gasteiger partial charge in [0.1, 0.15) is 12.3 Å². The number of nitro benzene ring substituents is 1. The number of nitrogens with one attached hydrogen (secondary N) is 1. The minimum Gasteiger partial charge on any atom is -0.484 e. The second-order valence-corrected chi connectivity index (χ2v) is 5.25. The van der Waals surface area contributed by atoms with Crippen molar-refractivity contribution in [1.29, 1.82) is 0 Å². The third-order valence-electron chi connectivity index (χ3n) is 2.42. The highest BCUT2D eigenvalue weighted by atomic mass is 16.6. The van der Waals surface area contributed by atoms with Crippen molar-refractivity contribution in [1.82, 2.24) is 0 Å². The summed E-state index contributed by atoms with van der Waals surface area (Å²) < 4.78 is 11.0. The molecule has 0 amide bonds. The molecule has 20 heavy (non-hydrogen) atoms. The molecule has 0 aliphatic carbocycles. The molecule has 0 fully saturated rings. The van der Waals surface area contributed by atoms with Crippen LogP contribution < -0.4 is 10.1 Å². The topological polar surface area (TPSA) is 73.6 Å². The molecule has 0 atom stereocenters. The first-order valence-corrected chi connectivity index (χ1v) is 6.63. The van der Waals surface area contributed by atoms with Gasteiger partial charge in [-0.15, -0.1) is 0 Å². The maximum atomic E-state index is 11.2. The van der Waals surface area contributed by atoms with Gasteiger partial charge in [-0.2, -0.15) is 0 Å². The number of hydrogen-bond acceptors (Lipinski definition) is 5.